The number of rotatable bonds is 6. The lowest BCUT2D eigenvalue weighted by Gasteiger charge is -2.05. The number of aromatic nitrogens is 2. The molecule has 3 aromatic rings. The molecule has 10 heteroatoms. The lowest BCUT2D eigenvalue weighted by Crippen LogP contribution is -2.12. The fraction of sp³-hybridized carbons (Fsp3) is 0.118. The fourth-order valence-corrected chi connectivity index (χ4v) is 4.02. The van der Waals surface area contributed by atoms with E-state index in [0.717, 1.165) is 5.01 Å². The van der Waals surface area contributed by atoms with Crippen LogP contribution in [0.2, 0.25) is 0 Å². The van der Waals surface area contributed by atoms with E-state index in [1.54, 1.807) is 12.1 Å². The van der Waals surface area contributed by atoms with E-state index in [0.29, 0.717) is 17.7 Å². The Balaban J connectivity index is 1.74. The normalized spacial score (nSPS) is 11.7. The van der Waals surface area contributed by atoms with Crippen LogP contribution in [0.3, 0.4) is 0 Å². The van der Waals surface area contributed by atoms with Gasteiger partial charge in [-0.2, -0.15) is 0 Å². The Kier molecular flexibility index (Phi) is 5.38. The Morgan fingerprint density at radius 3 is 2.52 bits per heavy atom. The van der Waals surface area contributed by atoms with Crippen molar-refractivity contribution in [3.05, 3.63) is 53.0 Å². The number of aliphatic imine (C=N–C) groups is 1. The quantitative estimate of drug-likeness (QED) is 0.542. The molecule has 0 saturated heterocycles. The van der Waals surface area contributed by atoms with Crippen molar-refractivity contribution in [2.75, 3.05) is 4.72 Å². The summed E-state index contributed by atoms with van der Waals surface area (Å²) in [5.74, 6) is -0.154. The maximum absolute atomic E-state index is 12.4. The summed E-state index contributed by atoms with van der Waals surface area (Å²) in [5.41, 5.74) is 0.930. The van der Waals surface area contributed by atoms with E-state index >= 15 is 0 Å². The molecule has 0 unspecified atom stereocenters. The average molecular weight is 404 g/mol. The van der Waals surface area contributed by atoms with E-state index in [9.17, 15) is 18.6 Å². The second kappa shape index (κ2) is 7.72. The zero-order chi connectivity index (χ0) is 19.4. The molecule has 8 nitrogen and oxygen atoms in total. The third-order valence-electron chi connectivity index (χ3n) is 3.50. The van der Waals surface area contributed by atoms with Gasteiger partial charge in [-0.1, -0.05) is 18.3 Å². The largest absolute Gasteiger partial charge is 0.508 e. The number of anilines is 1. The Morgan fingerprint density at radius 1 is 1.15 bits per heavy atom. The van der Waals surface area contributed by atoms with Crippen molar-refractivity contribution in [3.8, 4) is 11.5 Å². The van der Waals surface area contributed by atoms with E-state index < -0.39 is 10.0 Å². The van der Waals surface area contributed by atoms with Crippen molar-refractivity contribution in [2.24, 2.45) is 4.99 Å². The molecular weight excluding hydrogens is 388 g/mol. The van der Waals surface area contributed by atoms with Gasteiger partial charge in [0, 0.05) is 17.8 Å². The summed E-state index contributed by atoms with van der Waals surface area (Å²) in [6.07, 6.45) is 2.10. The second-order valence-electron chi connectivity index (χ2n) is 5.46. The highest BCUT2D eigenvalue weighted by molar-refractivity contribution is 7.93. The summed E-state index contributed by atoms with van der Waals surface area (Å²) in [6, 6.07) is 10.1. The lowest BCUT2D eigenvalue weighted by atomic mass is 10.2. The first-order valence-corrected chi connectivity index (χ1v) is 10.2. The first-order valence-electron chi connectivity index (χ1n) is 7.88. The second-order valence-corrected chi connectivity index (χ2v) is 8.20. The minimum absolute atomic E-state index is 0.0480. The zero-order valence-corrected chi connectivity index (χ0v) is 15.8. The van der Waals surface area contributed by atoms with E-state index in [-0.39, 0.29) is 21.5 Å². The minimum Gasteiger partial charge on any atom is -0.508 e. The van der Waals surface area contributed by atoms with Gasteiger partial charge >= 0.3 is 0 Å². The van der Waals surface area contributed by atoms with Gasteiger partial charge < -0.3 is 10.2 Å². The van der Waals surface area contributed by atoms with E-state index in [1.807, 2.05) is 6.92 Å². The van der Waals surface area contributed by atoms with Gasteiger partial charge in [0.25, 0.3) is 10.0 Å². The molecule has 140 valence electrons. The third-order valence-corrected chi connectivity index (χ3v) is 5.97. The number of aryl methyl sites for hydroxylation is 1. The van der Waals surface area contributed by atoms with Crippen LogP contribution in [0.4, 0.5) is 10.8 Å². The topological polar surface area (TPSA) is 125 Å². The van der Waals surface area contributed by atoms with Gasteiger partial charge in [0.2, 0.25) is 5.13 Å². The van der Waals surface area contributed by atoms with Crippen LogP contribution in [0.5, 0.6) is 11.5 Å². The molecule has 2 aromatic carbocycles. The van der Waals surface area contributed by atoms with Crippen molar-refractivity contribution < 1.29 is 18.6 Å². The first kappa shape index (κ1) is 18.8. The van der Waals surface area contributed by atoms with Crippen molar-refractivity contribution in [1.29, 1.82) is 0 Å². The molecule has 27 heavy (non-hydrogen) atoms. The number of nitrogens with zero attached hydrogens (tertiary/aromatic N) is 3. The van der Waals surface area contributed by atoms with Crippen LogP contribution in [-0.4, -0.2) is 35.0 Å². The highest BCUT2D eigenvalue weighted by Gasteiger charge is 2.16. The summed E-state index contributed by atoms with van der Waals surface area (Å²) < 4.78 is 27.2. The van der Waals surface area contributed by atoms with Crippen molar-refractivity contribution in [1.82, 2.24) is 10.2 Å². The number of hydrogen-bond acceptors (Lipinski definition) is 8. The first-order chi connectivity index (χ1) is 12.9. The van der Waals surface area contributed by atoms with Crippen LogP contribution < -0.4 is 4.72 Å². The van der Waals surface area contributed by atoms with Gasteiger partial charge in [0.15, 0.2) is 0 Å². The number of hydrogen-bond donors (Lipinski definition) is 3. The number of nitrogens with one attached hydrogen (secondary N) is 1. The van der Waals surface area contributed by atoms with E-state index in [2.05, 4.69) is 19.9 Å². The van der Waals surface area contributed by atoms with Crippen LogP contribution in [-0.2, 0) is 16.4 Å². The van der Waals surface area contributed by atoms with Gasteiger partial charge in [0.1, 0.15) is 16.5 Å². The van der Waals surface area contributed by atoms with Crippen molar-refractivity contribution in [3.63, 3.8) is 0 Å². The number of phenols is 2. The lowest BCUT2D eigenvalue weighted by molar-refractivity contribution is 0.450. The fourth-order valence-electron chi connectivity index (χ4n) is 2.11. The van der Waals surface area contributed by atoms with Crippen molar-refractivity contribution >= 4 is 38.4 Å². The molecule has 0 saturated carbocycles. The molecule has 0 spiro atoms. The predicted octanol–water partition coefficient (Wildman–Crippen LogP) is 3.06. The van der Waals surface area contributed by atoms with Crippen LogP contribution in [0.15, 0.2) is 52.4 Å². The van der Waals surface area contributed by atoms with Gasteiger partial charge in [-0.25, -0.2) is 8.42 Å². The SMILES string of the molecule is CCc1nnc(NS(=O)(=O)c2ccc(N=Cc3ccc(O)cc3O)cc2)s1. The summed E-state index contributed by atoms with van der Waals surface area (Å²) in [4.78, 5) is 4.26. The molecule has 0 amide bonds. The summed E-state index contributed by atoms with van der Waals surface area (Å²) >= 11 is 1.19. The van der Waals surface area contributed by atoms with Crippen LogP contribution in [0, 0.1) is 0 Å². The molecule has 1 aromatic heterocycles. The van der Waals surface area contributed by atoms with Crippen LogP contribution in [0.25, 0.3) is 0 Å². The highest BCUT2D eigenvalue weighted by Crippen LogP contribution is 2.24. The average Bonchev–Trinajstić information content (AvgIpc) is 3.08. The van der Waals surface area contributed by atoms with Gasteiger partial charge in [0.05, 0.1) is 10.6 Å². The molecule has 0 bridgehead atoms. The Morgan fingerprint density at radius 2 is 1.89 bits per heavy atom. The number of aromatic hydroxyl groups is 2. The Bertz CT molecular complexity index is 1080. The number of phenolic OH excluding ortho intramolecular Hbond substituents is 2. The summed E-state index contributed by atoms with van der Waals surface area (Å²) in [6.45, 7) is 1.91. The molecule has 3 N–H and O–H groups in total. The maximum Gasteiger partial charge on any atom is 0.263 e. The summed E-state index contributed by atoms with van der Waals surface area (Å²) in [7, 11) is -3.77. The molecule has 3 rings (SSSR count). The monoisotopic (exact) mass is 404 g/mol. The Labute approximate surface area is 159 Å². The molecular formula is C17H16N4O4S2. The molecule has 0 aliphatic carbocycles. The minimum atomic E-state index is -3.77. The molecule has 0 aliphatic heterocycles. The highest BCUT2D eigenvalue weighted by atomic mass is 32.2. The number of benzene rings is 2. The van der Waals surface area contributed by atoms with E-state index in [4.69, 9.17) is 0 Å². The van der Waals surface area contributed by atoms with Gasteiger partial charge in [-0.3, -0.25) is 9.71 Å². The van der Waals surface area contributed by atoms with Crippen LogP contribution >= 0.6 is 11.3 Å². The van der Waals surface area contributed by atoms with Crippen molar-refractivity contribution in [2.45, 2.75) is 18.2 Å². The predicted molar refractivity (Wildman–Crippen MR) is 104 cm³/mol. The molecule has 0 fully saturated rings. The summed E-state index contributed by atoms with van der Waals surface area (Å²) in [5, 5.41) is 27.7. The standard InChI is InChI=1S/C17H16N4O4S2/c1-2-16-19-20-17(26-16)21-27(24,25)14-7-4-12(5-8-14)18-10-11-3-6-13(22)9-15(11)23/h3-10,22-23H,2H2,1H3,(H,20,21). The molecule has 0 atom stereocenters. The molecule has 0 aliphatic rings. The molecule has 0 radical (unpaired) electrons. The van der Waals surface area contributed by atoms with Gasteiger partial charge in [-0.05, 0) is 42.8 Å². The Hall–Kier alpha value is -2.98. The van der Waals surface area contributed by atoms with E-state index in [1.165, 1.54) is 47.9 Å². The third kappa shape index (κ3) is 4.60. The zero-order valence-electron chi connectivity index (χ0n) is 14.2. The molecule has 1 heterocycles. The van der Waals surface area contributed by atoms with Crippen LogP contribution in [0.1, 0.15) is 17.5 Å². The maximum atomic E-state index is 12.4. The van der Waals surface area contributed by atoms with Gasteiger partial charge in [-0.15, -0.1) is 10.2 Å². The smallest absolute Gasteiger partial charge is 0.263 e. The number of sulfonamides is 1.